The smallest absolute Gasteiger partial charge is 0.259 e. The zero-order valence-corrected chi connectivity index (χ0v) is 13.3. The van der Waals surface area contributed by atoms with Gasteiger partial charge in [-0.25, -0.2) is 0 Å². The number of hydrogen-bond acceptors (Lipinski definition) is 3. The number of carbonyl (C=O) groups is 1. The molecule has 0 aliphatic carbocycles. The van der Waals surface area contributed by atoms with E-state index in [1.54, 1.807) is 12.1 Å². The fourth-order valence-corrected chi connectivity index (χ4v) is 3.08. The number of hydrogen-bond donors (Lipinski definition) is 2. The summed E-state index contributed by atoms with van der Waals surface area (Å²) < 4.78 is 6.80. The minimum absolute atomic E-state index is 0.236. The molecule has 0 atom stereocenters. The summed E-state index contributed by atoms with van der Waals surface area (Å²) in [4.78, 5) is 12.2. The van der Waals surface area contributed by atoms with E-state index in [0.717, 1.165) is 4.47 Å². The van der Waals surface area contributed by atoms with Gasteiger partial charge >= 0.3 is 0 Å². The number of rotatable bonds is 3. The van der Waals surface area contributed by atoms with Gasteiger partial charge in [0.05, 0.1) is 23.2 Å². The number of halogens is 2. The van der Waals surface area contributed by atoms with Gasteiger partial charge in [0.1, 0.15) is 5.76 Å². The number of benzene rings is 1. The molecule has 0 radical (unpaired) electrons. The summed E-state index contributed by atoms with van der Waals surface area (Å²) in [5.41, 5.74) is 7.46. The fourth-order valence-electron chi connectivity index (χ4n) is 1.72. The number of furan rings is 1. The minimum Gasteiger partial charge on any atom is -0.469 e. The molecule has 2 rings (SSSR count). The van der Waals surface area contributed by atoms with Crippen molar-refractivity contribution in [2.75, 3.05) is 11.1 Å². The van der Waals surface area contributed by atoms with Crippen molar-refractivity contribution in [3.8, 4) is 0 Å². The number of anilines is 2. The molecule has 0 aliphatic rings. The standard InChI is InChI=1S/C13H12Br2N2O2/c1-2-11-8(3-4-19-11)13(18)17-12-9(15)5-7(14)6-10(12)16/h3-6H,2,16H2,1H3,(H,17,18). The molecule has 1 amide bonds. The van der Waals surface area contributed by atoms with Crippen LogP contribution in [0.15, 0.2) is 37.8 Å². The van der Waals surface area contributed by atoms with Crippen LogP contribution in [0.25, 0.3) is 0 Å². The first kappa shape index (κ1) is 14.1. The molecule has 19 heavy (non-hydrogen) atoms. The first-order chi connectivity index (χ1) is 9.02. The van der Waals surface area contributed by atoms with E-state index in [-0.39, 0.29) is 5.91 Å². The Morgan fingerprint density at radius 2 is 2.16 bits per heavy atom. The van der Waals surface area contributed by atoms with Crippen LogP contribution in [0.5, 0.6) is 0 Å². The van der Waals surface area contributed by atoms with Gasteiger partial charge in [-0.15, -0.1) is 0 Å². The van der Waals surface area contributed by atoms with Gasteiger partial charge in [-0.3, -0.25) is 4.79 Å². The van der Waals surface area contributed by atoms with Crippen molar-refractivity contribution in [2.24, 2.45) is 0 Å². The van der Waals surface area contributed by atoms with E-state index in [2.05, 4.69) is 37.2 Å². The first-order valence-electron chi connectivity index (χ1n) is 5.65. The van der Waals surface area contributed by atoms with Gasteiger partial charge in [0.15, 0.2) is 0 Å². The molecule has 0 unspecified atom stereocenters. The molecule has 2 aromatic rings. The second kappa shape index (κ2) is 5.79. The van der Waals surface area contributed by atoms with E-state index < -0.39 is 0 Å². The van der Waals surface area contributed by atoms with Gasteiger partial charge in [0, 0.05) is 15.4 Å². The van der Waals surface area contributed by atoms with Crippen molar-refractivity contribution < 1.29 is 9.21 Å². The molecule has 4 nitrogen and oxygen atoms in total. The Bertz CT molecular complexity index is 600. The topological polar surface area (TPSA) is 68.3 Å². The number of nitrogens with two attached hydrogens (primary N) is 1. The van der Waals surface area contributed by atoms with Gasteiger partial charge in [-0.05, 0) is 34.1 Å². The summed E-state index contributed by atoms with van der Waals surface area (Å²) in [6, 6.07) is 5.20. The molecule has 0 spiro atoms. The van der Waals surface area contributed by atoms with Gasteiger partial charge < -0.3 is 15.5 Å². The molecule has 1 aromatic heterocycles. The van der Waals surface area contributed by atoms with Crippen molar-refractivity contribution in [1.29, 1.82) is 0 Å². The lowest BCUT2D eigenvalue weighted by molar-refractivity contribution is 0.102. The van der Waals surface area contributed by atoms with Crippen LogP contribution in [0.1, 0.15) is 23.0 Å². The number of nitrogens with one attached hydrogen (secondary N) is 1. The van der Waals surface area contributed by atoms with Crippen LogP contribution in [0, 0.1) is 0 Å². The lowest BCUT2D eigenvalue weighted by Crippen LogP contribution is -2.14. The van der Waals surface area contributed by atoms with Crippen LogP contribution in [-0.4, -0.2) is 5.91 Å². The van der Waals surface area contributed by atoms with Crippen molar-refractivity contribution in [3.05, 3.63) is 44.7 Å². The first-order valence-corrected chi connectivity index (χ1v) is 7.23. The number of aryl methyl sites for hydroxylation is 1. The van der Waals surface area contributed by atoms with Crippen molar-refractivity contribution in [2.45, 2.75) is 13.3 Å². The monoisotopic (exact) mass is 386 g/mol. The molecule has 0 bridgehead atoms. The summed E-state index contributed by atoms with van der Waals surface area (Å²) in [7, 11) is 0. The molecule has 1 aromatic carbocycles. The van der Waals surface area contributed by atoms with Crippen LogP contribution < -0.4 is 11.1 Å². The van der Waals surface area contributed by atoms with Crippen LogP contribution >= 0.6 is 31.9 Å². The molecular formula is C13H12Br2N2O2. The second-order valence-corrected chi connectivity index (χ2v) is 5.69. The number of carbonyl (C=O) groups excluding carboxylic acids is 1. The number of nitrogen functional groups attached to an aromatic ring is 1. The SMILES string of the molecule is CCc1occc1C(=O)Nc1c(N)cc(Br)cc1Br. The average Bonchev–Trinajstić information content (AvgIpc) is 2.81. The van der Waals surface area contributed by atoms with E-state index in [1.165, 1.54) is 6.26 Å². The van der Waals surface area contributed by atoms with E-state index in [9.17, 15) is 4.79 Å². The maximum absolute atomic E-state index is 12.2. The van der Waals surface area contributed by atoms with Crippen molar-refractivity contribution >= 4 is 49.1 Å². The summed E-state index contributed by atoms with van der Waals surface area (Å²) in [6.45, 7) is 1.93. The third-order valence-corrected chi connectivity index (χ3v) is 3.72. The Hall–Kier alpha value is -1.27. The number of amides is 1. The summed E-state index contributed by atoms with van der Waals surface area (Å²) in [6.07, 6.45) is 2.17. The Labute approximate surface area is 127 Å². The lowest BCUT2D eigenvalue weighted by atomic mass is 10.2. The highest BCUT2D eigenvalue weighted by Crippen LogP contribution is 2.33. The van der Waals surface area contributed by atoms with Gasteiger partial charge in [0.25, 0.3) is 5.91 Å². The molecule has 6 heteroatoms. The maximum Gasteiger partial charge on any atom is 0.259 e. The largest absolute Gasteiger partial charge is 0.469 e. The zero-order valence-electron chi connectivity index (χ0n) is 10.2. The molecule has 0 saturated heterocycles. The van der Waals surface area contributed by atoms with E-state index in [1.807, 2.05) is 13.0 Å². The Morgan fingerprint density at radius 1 is 1.42 bits per heavy atom. The van der Waals surface area contributed by atoms with Crippen LogP contribution in [0.4, 0.5) is 11.4 Å². The average molecular weight is 388 g/mol. The van der Waals surface area contributed by atoms with Crippen molar-refractivity contribution in [1.82, 2.24) is 0 Å². The molecule has 100 valence electrons. The summed E-state index contributed by atoms with van der Waals surface area (Å²) >= 11 is 6.71. The van der Waals surface area contributed by atoms with Crippen molar-refractivity contribution in [3.63, 3.8) is 0 Å². The minimum atomic E-state index is -0.236. The van der Waals surface area contributed by atoms with E-state index in [0.29, 0.717) is 33.6 Å². The third-order valence-electron chi connectivity index (χ3n) is 2.64. The predicted molar refractivity (Wildman–Crippen MR) is 82.3 cm³/mol. The second-order valence-electron chi connectivity index (χ2n) is 3.92. The normalized spacial score (nSPS) is 10.5. The Morgan fingerprint density at radius 3 is 2.79 bits per heavy atom. The van der Waals surface area contributed by atoms with Gasteiger partial charge in [-0.1, -0.05) is 22.9 Å². The Kier molecular flexibility index (Phi) is 4.31. The summed E-state index contributed by atoms with van der Waals surface area (Å²) in [5.74, 6) is 0.421. The molecule has 0 aliphatic heterocycles. The molecule has 1 heterocycles. The Balaban J connectivity index is 2.29. The molecule has 0 saturated carbocycles. The molecule has 0 fully saturated rings. The maximum atomic E-state index is 12.2. The van der Waals surface area contributed by atoms with E-state index >= 15 is 0 Å². The third kappa shape index (κ3) is 3.01. The molecule has 3 N–H and O–H groups in total. The fraction of sp³-hybridized carbons (Fsp3) is 0.154. The highest BCUT2D eigenvalue weighted by molar-refractivity contribution is 9.11. The van der Waals surface area contributed by atoms with Crippen LogP contribution in [0.3, 0.4) is 0 Å². The zero-order chi connectivity index (χ0) is 14.0. The highest BCUT2D eigenvalue weighted by atomic mass is 79.9. The van der Waals surface area contributed by atoms with Crippen LogP contribution in [0.2, 0.25) is 0 Å². The molecular weight excluding hydrogens is 376 g/mol. The van der Waals surface area contributed by atoms with Crippen LogP contribution in [-0.2, 0) is 6.42 Å². The lowest BCUT2D eigenvalue weighted by Gasteiger charge is -2.10. The van der Waals surface area contributed by atoms with E-state index in [4.69, 9.17) is 10.2 Å². The van der Waals surface area contributed by atoms with Gasteiger partial charge in [-0.2, -0.15) is 0 Å². The highest BCUT2D eigenvalue weighted by Gasteiger charge is 2.16. The quantitative estimate of drug-likeness (QED) is 0.775. The summed E-state index contributed by atoms with van der Waals surface area (Å²) in [5, 5.41) is 2.79. The van der Waals surface area contributed by atoms with Gasteiger partial charge in [0.2, 0.25) is 0 Å². The predicted octanol–water partition coefficient (Wildman–Crippen LogP) is 4.20.